The van der Waals surface area contributed by atoms with Crippen molar-refractivity contribution < 1.29 is 4.79 Å². The average molecular weight is 371 g/mol. The molecule has 1 aromatic carbocycles. The number of carbonyl (C=O) groups is 1. The zero-order valence-corrected chi connectivity index (χ0v) is 15.2. The first-order valence-corrected chi connectivity index (χ1v) is 9.31. The first-order valence-electron chi connectivity index (χ1n) is 7.53. The van der Waals surface area contributed by atoms with Gasteiger partial charge in [0, 0.05) is 20.6 Å². The van der Waals surface area contributed by atoms with Crippen LogP contribution >= 0.6 is 27.7 Å². The van der Waals surface area contributed by atoms with Crippen molar-refractivity contribution in [3.8, 4) is 0 Å². The van der Waals surface area contributed by atoms with Gasteiger partial charge in [0.2, 0.25) is 5.91 Å². The van der Waals surface area contributed by atoms with Gasteiger partial charge >= 0.3 is 0 Å². The predicted molar refractivity (Wildman–Crippen MR) is 94.0 cm³/mol. The van der Waals surface area contributed by atoms with Gasteiger partial charge in [-0.05, 0) is 59.1 Å². The van der Waals surface area contributed by atoms with Crippen LogP contribution in [0.4, 0.5) is 5.69 Å². The summed E-state index contributed by atoms with van der Waals surface area (Å²) in [5.41, 5.74) is 2.00. The van der Waals surface area contributed by atoms with E-state index < -0.39 is 0 Å². The van der Waals surface area contributed by atoms with Crippen molar-refractivity contribution in [2.24, 2.45) is 5.92 Å². The highest BCUT2D eigenvalue weighted by Crippen LogP contribution is 2.39. The van der Waals surface area contributed by atoms with Crippen LogP contribution in [-0.2, 0) is 4.79 Å². The number of thioether (sulfide) groups is 1. The molecule has 1 aliphatic rings. The van der Waals surface area contributed by atoms with Crippen LogP contribution in [0.25, 0.3) is 0 Å². The Morgan fingerprint density at radius 1 is 1.43 bits per heavy atom. The first-order chi connectivity index (χ1) is 10.0. The molecule has 1 amide bonds. The number of hydrogen-bond acceptors (Lipinski definition) is 3. The van der Waals surface area contributed by atoms with Crippen LogP contribution < -0.4 is 10.6 Å². The predicted octanol–water partition coefficient (Wildman–Crippen LogP) is 4.58. The minimum absolute atomic E-state index is 0.0506. The summed E-state index contributed by atoms with van der Waals surface area (Å²) in [7, 11) is 0. The molecule has 21 heavy (non-hydrogen) atoms. The Morgan fingerprint density at radius 2 is 2.19 bits per heavy atom. The van der Waals surface area contributed by atoms with Crippen molar-refractivity contribution in [1.82, 2.24) is 5.32 Å². The molecule has 1 aliphatic heterocycles. The van der Waals surface area contributed by atoms with Gasteiger partial charge in [-0.3, -0.25) is 4.79 Å². The summed E-state index contributed by atoms with van der Waals surface area (Å²) in [6, 6.07) is 3.96. The van der Waals surface area contributed by atoms with Gasteiger partial charge in [0.25, 0.3) is 0 Å². The maximum Gasteiger partial charge on any atom is 0.246 e. The second-order valence-electron chi connectivity index (χ2n) is 5.78. The Labute approximate surface area is 139 Å². The molecular formula is C16H23BrN2OS. The summed E-state index contributed by atoms with van der Waals surface area (Å²) in [5, 5.41) is 6.29. The lowest BCUT2D eigenvalue weighted by molar-refractivity contribution is -0.117. The van der Waals surface area contributed by atoms with E-state index in [2.05, 4.69) is 59.5 Å². The molecule has 0 aliphatic carbocycles. The number of hydrogen-bond donors (Lipinski definition) is 2. The maximum absolute atomic E-state index is 12.1. The van der Waals surface area contributed by atoms with Crippen molar-refractivity contribution >= 4 is 39.3 Å². The summed E-state index contributed by atoms with van der Waals surface area (Å²) >= 11 is 5.49. The zero-order valence-electron chi connectivity index (χ0n) is 12.8. The molecule has 0 bridgehead atoms. The molecule has 3 nitrogen and oxygen atoms in total. The number of amides is 1. The molecular weight excluding hydrogens is 348 g/mol. The van der Waals surface area contributed by atoms with E-state index in [0.29, 0.717) is 5.92 Å². The van der Waals surface area contributed by atoms with Gasteiger partial charge in [-0.25, -0.2) is 0 Å². The lowest BCUT2D eigenvalue weighted by atomic mass is 10.1. The lowest BCUT2D eigenvalue weighted by Crippen LogP contribution is -2.27. The normalized spacial score (nSPS) is 17.2. The van der Waals surface area contributed by atoms with Crippen LogP contribution in [0.1, 0.15) is 45.2 Å². The van der Waals surface area contributed by atoms with Gasteiger partial charge in [0.05, 0.1) is 0 Å². The molecule has 0 saturated carbocycles. The van der Waals surface area contributed by atoms with Crippen molar-refractivity contribution in [2.75, 3.05) is 17.6 Å². The molecule has 1 atom stereocenters. The molecule has 1 heterocycles. The summed E-state index contributed by atoms with van der Waals surface area (Å²) in [4.78, 5) is 13.3. The van der Waals surface area contributed by atoms with Crippen molar-refractivity contribution in [3.05, 3.63) is 22.2 Å². The molecule has 0 radical (unpaired) electrons. The number of benzene rings is 1. The van der Waals surface area contributed by atoms with E-state index in [1.165, 1.54) is 11.3 Å². The lowest BCUT2D eigenvalue weighted by Gasteiger charge is -2.12. The number of anilines is 1. The Balaban J connectivity index is 2.12. The highest BCUT2D eigenvalue weighted by molar-refractivity contribution is 9.10. The standard InChI is InChI=1S/C16H23BrN2OS/c1-4-6-18-15-11-8-12(17)14(21-7-5-10(2)3)9-13(11)19-16(15)20/h8-10,15,18H,4-7H2,1-3H3,(H,19,20). The summed E-state index contributed by atoms with van der Waals surface area (Å²) in [6.07, 6.45) is 2.21. The van der Waals surface area contributed by atoms with Crippen LogP contribution in [-0.4, -0.2) is 18.2 Å². The molecule has 0 fully saturated rings. The van der Waals surface area contributed by atoms with E-state index in [0.717, 1.165) is 34.4 Å². The Kier molecular flexibility index (Phi) is 6.14. The highest BCUT2D eigenvalue weighted by atomic mass is 79.9. The first kappa shape index (κ1) is 16.8. The SMILES string of the molecule is CCCNC1C(=O)Nc2cc(SCCC(C)C)c(Br)cc21. The fourth-order valence-electron chi connectivity index (χ4n) is 2.27. The summed E-state index contributed by atoms with van der Waals surface area (Å²) in [6.45, 7) is 7.43. The summed E-state index contributed by atoms with van der Waals surface area (Å²) in [5.74, 6) is 1.86. The smallest absolute Gasteiger partial charge is 0.246 e. The van der Waals surface area contributed by atoms with Gasteiger partial charge in [-0.2, -0.15) is 0 Å². The molecule has 2 rings (SSSR count). The van der Waals surface area contributed by atoms with Gasteiger partial charge in [0.1, 0.15) is 6.04 Å². The van der Waals surface area contributed by atoms with Crippen molar-refractivity contribution in [2.45, 2.75) is 44.6 Å². The third-order valence-electron chi connectivity index (χ3n) is 3.49. The second kappa shape index (κ2) is 7.65. The van der Waals surface area contributed by atoms with E-state index in [4.69, 9.17) is 0 Å². The third kappa shape index (κ3) is 4.24. The van der Waals surface area contributed by atoms with Gasteiger partial charge in [-0.15, -0.1) is 11.8 Å². The van der Waals surface area contributed by atoms with Crippen LogP contribution in [0.3, 0.4) is 0 Å². The number of fused-ring (bicyclic) bond motifs is 1. The highest BCUT2D eigenvalue weighted by Gasteiger charge is 2.30. The van der Waals surface area contributed by atoms with Gasteiger partial charge in [-0.1, -0.05) is 20.8 Å². The minimum atomic E-state index is -0.217. The fraction of sp³-hybridized carbons (Fsp3) is 0.562. The van der Waals surface area contributed by atoms with E-state index >= 15 is 0 Å². The van der Waals surface area contributed by atoms with E-state index in [-0.39, 0.29) is 11.9 Å². The number of rotatable bonds is 7. The Morgan fingerprint density at radius 3 is 2.86 bits per heavy atom. The fourth-order valence-corrected chi connectivity index (χ4v) is 4.18. The molecule has 1 aromatic rings. The van der Waals surface area contributed by atoms with Gasteiger partial charge < -0.3 is 10.6 Å². The summed E-state index contributed by atoms with van der Waals surface area (Å²) < 4.78 is 1.08. The number of halogens is 1. The third-order valence-corrected chi connectivity index (χ3v) is 5.49. The van der Waals surface area contributed by atoms with Crippen LogP contribution in [0.2, 0.25) is 0 Å². The minimum Gasteiger partial charge on any atom is -0.324 e. The van der Waals surface area contributed by atoms with E-state index in [1.54, 1.807) is 0 Å². The second-order valence-corrected chi connectivity index (χ2v) is 7.77. The molecule has 116 valence electrons. The monoisotopic (exact) mass is 370 g/mol. The molecule has 0 saturated heterocycles. The quantitative estimate of drug-likeness (QED) is 0.690. The van der Waals surface area contributed by atoms with Crippen molar-refractivity contribution in [3.63, 3.8) is 0 Å². The molecule has 1 unspecified atom stereocenters. The van der Waals surface area contributed by atoms with Crippen molar-refractivity contribution in [1.29, 1.82) is 0 Å². The van der Waals surface area contributed by atoms with Crippen LogP contribution in [0.15, 0.2) is 21.5 Å². The molecule has 5 heteroatoms. The topological polar surface area (TPSA) is 41.1 Å². The van der Waals surface area contributed by atoms with Gasteiger partial charge in [0.15, 0.2) is 0 Å². The molecule has 0 aromatic heterocycles. The molecule has 2 N–H and O–H groups in total. The average Bonchev–Trinajstić information content (AvgIpc) is 2.71. The Hall–Kier alpha value is -0.520. The zero-order chi connectivity index (χ0) is 15.4. The van der Waals surface area contributed by atoms with Crippen LogP contribution in [0.5, 0.6) is 0 Å². The van der Waals surface area contributed by atoms with Crippen LogP contribution in [0, 0.1) is 5.92 Å². The van der Waals surface area contributed by atoms with E-state index in [9.17, 15) is 4.79 Å². The Bertz CT molecular complexity index is 519. The largest absolute Gasteiger partial charge is 0.324 e. The number of carbonyl (C=O) groups excluding carboxylic acids is 1. The van der Waals surface area contributed by atoms with E-state index in [1.807, 2.05) is 11.8 Å². The number of nitrogens with one attached hydrogen (secondary N) is 2. The molecule has 0 spiro atoms. The maximum atomic E-state index is 12.1.